The Balaban J connectivity index is 1.36. The van der Waals surface area contributed by atoms with Crippen LogP contribution in [0.5, 0.6) is 0 Å². The van der Waals surface area contributed by atoms with E-state index in [9.17, 15) is 4.79 Å². The van der Waals surface area contributed by atoms with E-state index in [-0.39, 0.29) is 5.91 Å². The molecule has 1 aliphatic carbocycles. The number of carbonyl (C=O) groups excluding carboxylic acids is 1. The third-order valence-corrected chi connectivity index (χ3v) is 5.28. The summed E-state index contributed by atoms with van der Waals surface area (Å²) in [6, 6.07) is 8.48. The van der Waals surface area contributed by atoms with E-state index < -0.39 is 0 Å². The van der Waals surface area contributed by atoms with Crippen molar-refractivity contribution in [1.82, 2.24) is 15.0 Å². The molecule has 5 nitrogen and oxygen atoms in total. The third-order valence-electron chi connectivity index (χ3n) is 5.28. The molecular weight excluding hydrogens is 290 g/mol. The molecule has 5 heteroatoms. The van der Waals surface area contributed by atoms with Crippen LogP contribution in [0, 0.1) is 0 Å². The summed E-state index contributed by atoms with van der Waals surface area (Å²) >= 11 is 0. The maximum atomic E-state index is 12.6. The predicted octanol–water partition coefficient (Wildman–Crippen LogP) is 2.46. The SMILES string of the molecule is O=C(Cc1noc2ccccc12)N1CCN(C2CCCC2)CC1. The molecule has 1 amide bonds. The van der Waals surface area contributed by atoms with Gasteiger partial charge < -0.3 is 9.42 Å². The first-order chi connectivity index (χ1) is 11.3. The fourth-order valence-electron chi connectivity index (χ4n) is 3.93. The molecule has 1 aliphatic heterocycles. The van der Waals surface area contributed by atoms with E-state index in [1.807, 2.05) is 29.2 Å². The number of nitrogens with zero attached hydrogens (tertiary/aromatic N) is 3. The van der Waals surface area contributed by atoms with Crippen molar-refractivity contribution in [3.8, 4) is 0 Å². The van der Waals surface area contributed by atoms with E-state index in [2.05, 4.69) is 10.1 Å². The van der Waals surface area contributed by atoms with E-state index in [0.29, 0.717) is 6.42 Å². The molecule has 1 saturated heterocycles. The highest BCUT2D eigenvalue weighted by Gasteiger charge is 2.28. The van der Waals surface area contributed by atoms with Gasteiger partial charge in [-0.05, 0) is 25.0 Å². The third kappa shape index (κ3) is 2.98. The van der Waals surface area contributed by atoms with Gasteiger partial charge in [-0.2, -0.15) is 0 Å². The molecule has 1 saturated carbocycles. The molecule has 0 bridgehead atoms. The molecule has 2 heterocycles. The summed E-state index contributed by atoms with van der Waals surface area (Å²) < 4.78 is 5.29. The Kier molecular flexibility index (Phi) is 4.04. The van der Waals surface area contributed by atoms with Gasteiger partial charge in [0.15, 0.2) is 5.58 Å². The number of amides is 1. The fourth-order valence-corrected chi connectivity index (χ4v) is 3.93. The molecule has 0 radical (unpaired) electrons. The predicted molar refractivity (Wildman–Crippen MR) is 88.1 cm³/mol. The van der Waals surface area contributed by atoms with Gasteiger partial charge >= 0.3 is 0 Å². The van der Waals surface area contributed by atoms with Crippen molar-refractivity contribution in [2.75, 3.05) is 26.2 Å². The summed E-state index contributed by atoms with van der Waals surface area (Å²) in [6.45, 7) is 3.70. The lowest BCUT2D eigenvalue weighted by molar-refractivity contribution is -0.132. The number of piperazine rings is 1. The lowest BCUT2D eigenvalue weighted by atomic mass is 10.1. The van der Waals surface area contributed by atoms with Crippen molar-refractivity contribution < 1.29 is 9.32 Å². The van der Waals surface area contributed by atoms with Gasteiger partial charge in [0.25, 0.3) is 0 Å². The molecule has 0 spiro atoms. The molecule has 122 valence electrons. The van der Waals surface area contributed by atoms with Gasteiger partial charge in [0.05, 0.1) is 6.42 Å². The average Bonchev–Trinajstić information content (AvgIpc) is 3.25. The minimum Gasteiger partial charge on any atom is -0.356 e. The Hall–Kier alpha value is -1.88. The largest absolute Gasteiger partial charge is 0.356 e. The van der Waals surface area contributed by atoms with Crippen LogP contribution >= 0.6 is 0 Å². The van der Waals surface area contributed by atoms with Crippen molar-refractivity contribution in [2.24, 2.45) is 0 Å². The zero-order chi connectivity index (χ0) is 15.6. The van der Waals surface area contributed by atoms with Crippen LogP contribution in [-0.2, 0) is 11.2 Å². The highest BCUT2D eigenvalue weighted by Crippen LogP contribution is 2.24. The molecule has 1 aromatic carbocycles. The second-order valence-electron chi connectivity index (χ2n) is 6.66. The lowest BCUT2D eigenvalue weighted by Gasteiger charge is -2.38. The van der Waals surface area contributed by atoms with Crippen LogP contribution in [-0.4, -0.2) is 53.1 Å². The van der Waals surface area contributed by atoms with Gasteiger partial charge in [0.1, 0.15) is 5.69 Å². The van der Waals surface area contributed by atoms with Crippen LogP contribution in [0.2, 0.25) is 0 Å². The summed E-state index contributed by atoms with van der Waals surface area (Å²) in [5.41, 5.74) is 1.50. The smallest absolute Gasteiger partial charge is 0.228 e. The summed E-state index contributed by atoms with van der Waals surface area (Å²) in [4.78, 5) is 17.1. The number of aromatic nitrogens is 1. The number of para-hydroxylation sites is 1. The van der Waals surface area contributed by atoms with Crippen LogP contribution in [0.25, 0.3) is 11.0 Å². The van der Waals surface area contributed by atoms with Crippen molar-refractivity contribution in [3.05, 3.63) is 30.0 Å². The average molecular weight is 313 g/mol. The van der Waals surface area contributed by atoms with Crippen molar-refractivity contribution in [1.29, 1.82) is 0 Å². The first-order valence-corrected chi connectivity index (χ1v) is 8.66. The molecule has 0 N–H and O–H groups in total. The highest BCUT2D eigenvalue weighted by molar-refractivity contribution is 5.86. The van der Waals surface area contributed by atoms with Crippen LogP contribution < -0.4 is 0 Å². The molecule has 2 aromatic rings. The number of carbonyl (C=O) groups is 1. The van der Waals surface area contributed by atoms with Crippen LogP contribution in [0.4, 0.5) is 0 Å². The molecule has 4 rings (SSSR count). The van der Waals surface area contributed by atoms with Gasteiger partial charge in [-0.3, -0.25) is 9.69 Å². The van der Waals surface area contributed by atoms with Crippen molar-refractivity contribution in [2.45, 2.75) is 38.1 Å². The van der Waals surface area contributed by atoms with Gasteiger partial charge in [-0.1, -0.05) is 30.1 Å². The monoisotopic (exact) mass is 313 g/mol. The number of hydrogen-bond donors (Lipinski definition) is 0. The zero-order valence-corrected chi connectivity index (χ0v) is 13.4. The second-order valence-corrected chi connectivity index (χ2v) is 6.66. The molecule has 2 fully saturated rings. The Labute approximate surface area is 136 Å². The van der Waals surface area contributed by atoms with Crippen molar-refractivity contribution >= 4 is 16.9 Å². The number of hydrogen-bond acceptors (Lipinski definition) is 4. The van der Waals surface area contributed by atoms with E-state index in [1.54, 1.807) is 0 Å². The summed E-state index contributed by atoms with van der Waals surface area (Å²) in [7, 11) is 0. The number of benzene rings is 1. The quantitative estimate of drug-likeness (QED) is 0.873. The lowest BCUT2D eigenvalue weighted by Crippen LogP contribution is -2.51. The van der Waals surface area contributed by atoms with Gasteiger partial charge in [0.2, 0.25) is 5.91 Å². The van der Waals surface area contributed by atoms with Gasteiger partial charge in [-0.25, -0.2) is 0 Å². The van der Waals surface area contributed by atoms with Gasteiger partial charge in [-0.15, -0.1) is 0 Å². The molecule has 23 heavy (non-hydrogen) atoms. The van der Waals surface area contributed by atoms with E-state index in [0.717, 1.165) is 48.9 Å². The standard InChI is InChI=1S/C18H23N3O2/c22-18(13-16-15-7-3-4-8-17(15)23-19-16)21-11-9-20(10-12-21)14-5-1-2-6-14/h3-4,7-8,14H,1-2,5-6,9-13H2. The molecule has 2 aliphatic rings. The summed E-state index contributed by atoms with van der Waals surface area (Å²) in [6.07, 6.45) is 5.73. The van der Waals surface area contributed by atoms with Crippen LogP contribution in [0.1, 0.15) is 31.4 Å². The van der Waals surface area contributed by atoms with E-state index in [1.165, 1.54) is 25.7 Å². The first-order valence-electron chi connectivity index (χ1n) is 8.66. The Bertz CT molecular complexity index is 682. The Morgan fingerprint density at radius 3 is 2.65 bits per heavy atom. The Morgan fingerprint density at radius 2 is 1.87 bits per heavy atom. The zero-order valence-electron chi connectivity index (χ0n) is 13.4. The minimum absolute atomic E-state index is 0.162. The molecular formula is C18H23N3O2. The van der Waals surface area contributed by atoms with Crippen LogP contribution in [0.15, 0.2) is 28.8 Å². The summed E-state index contributed by atoms with van der Waals surface area (Å²) in [5.74, 6) is 0.162. The second kappa shape index (κ2) is 6.32. The molecule has 0 unspecified atom stereocenters. The summed E-state index contributed by atoms with van der Waals surface area (Å²) in [5, 5.41) is 5.02. The van der Waals surface area contributed by atoms with Crippen LogP contribution in [0.3, 0.4) is 0 Å². The fraction of sp³-hybridized carbons (Fsp3) is 0.556. The first kappa shape index (κ1) is 14.7. The number of rotatable bonds is 3. The normalized spacial score (nSPS) is 20.4. The van der Waals surface area contributed by atoms with Gasteiger partial charge in [0, 0.05) is 37.6 Å². The van der Waals surface area contributed by atoms with Crippen molar-refractivity contribution in [3.63, 3.8) is 0 Å². The topological polar surface area (TPSA) is 49.6 Å². The molecule has 1 aromatic heterocycles. The minimum atomic E-state index is 0.162. The Morgan fingerprint density at radius 1 is 1.13 bits per heavy atom. The highest BCUT2D eigenvalue weighted by atomic mass is 16.5. The maximum Gasteiger partial charge on any atom is 0.228 e. The number of fused-ring (bicyclic) bond motifs is 1. The molecule has 0 atom stereocenters. The maximum absolute atomic E-state index is 12.6. The van der Waals surface area contributed by atoms with E-state index in [4.69, 9.17) is 4.52 Å². The van der Waals surface area contributed by atoms with E-state index >= 15 is 0 Å².